The Morgan fingerprint density at radius 1 is 1.06 bits per heavy atom. The van der Waals surface area contributed by atoms with Crippen LogP contribution in [0.3, 0.4) is 0 Å². The van der Waals surface area contributed by atoms with E-state index in [0.29, 0.717) is 33.5 Å². The van der Waals surface area contributed by atoms with Gasteiger partial charge in [0.25, 0.3) is 5.56 Å². The quantitative estimate of drug-likeness (QED) is 0.469. The highest BCUT2D eigenvalue weighted by atomic mass is 35.5. The van der Waals surface area contributed by atoms with Crippen molar-refractivity contribution in [2.24, 2.45) is 0 Å². The molecule has 156 valence electrons. The molecule has 8 heteroatoms. The number of hydrogen-bond acceptors (Lipinski definition) is 4. The lowest BCUT2D eigenvalue weighted by Crippen LogP contribution is -2.20. The molecule has 0 aliphatic rings. The zero-order valence-corrected chi connectivity index (χ0v) is 17.4. The molecule has 0 fully saturated rings. The topological polar surface area (TPSA) is 84.7 Å². The molecular formula is C23H19ClN4O3. The normalized spacial score (nSPS) is 10.6. The molecule has 4 aromatic rings. The van der Waals surface area contributed by atoms with Gasteiger partial charge in [0, 0.05) is 23.0 Å². The maximum Gasteiger partial charge on any atom is 0.323 e. The fraction of sp³-hybridized carbons (Fsp3) is 0.0870. The third-order valence-electron chi connectivity index (χ3n) is 4.53. The molecule has 2 amide bonds. The van der Waals surface area contributed by atoms with E-state index in [0.717, 1.165) is 5.56 Å². The SMILES string of the molecule is Cc1cccn2c(=O)cc(COc3ccccc3NC(=O)Nc3cccc(Cl)c3)nc12. The highest BCUT2D eigenvalue weighted by molar-refractivity contribution is 6.30. The highest BCUT2D eigenvalue weighted by Crippen LogP contribution is 2.25. The monoisotopic (exact) mass is 434 g/mol. The average molecular weight is 435 g/mol. The summed E-state index contributed by atoms with van der Waals surface area (Å²) in [6, 6.07) is 18.6. The minimum atomic E-state index is -0.434. The third-order valence-corrected chi connectivity index (χ3v) is 4.77. The van der Waals surface area contributed by atoms with Crippen LogP contribution < -0.4 is 20.9 Å². The summed E-state index contributed by atoms with van der Waals surface area (Å²) in [7, 11) is 0. The van der Waals surface area contributed by atoms with Gasteiger partial charge in [0.05, 0.1) is 11.4 Å². The van der Waals surface area contributed by atoms with Crippen molar-refractivity contribution in [2.75, 3.05) is 10.6 Å². The minimum Gasteiger partial charge on any atom is -0.485 e. The van der Waals surface area contributed by atoms with E-state index in [1.807, 2.05) is 13.0 Å². The van der Waals surface area contributed by atoms with Crippen LogP contribution in [0.5, 0.6) is 5.75 Å². The molecule has 2 aromatic heterocycles. The summed E-state index contributed by atoms with van der Waals surface area (Å²) >= 11 is 5.95. The third kappa shape index (κ3) is 4.84. The van der Waals surface area contributed by atoms with Crippen LogP contribution in [-0.4, -0.2) is 15.4 Å². The van der Waals surface area contributed by atoms with Crippen LogP contribution in [0.4, 0.5) is 16.2 Å². The molecule has 31 heavy (non-hydrogen) atoms. The number of amides is 2. The Bertz CT molecular complexity index is 1320. The molecule has 2 aromatic carbocycles. The Morgan fingerprint density at radius 3 is 2.74 bits per heavy atom. The number of urea groups is 1. The van der Waals surface area contributed by atoms with Crippen molar-refractivity contribution < 1.29 is 9.53 Å². The van der Waals surface area contributed by atoms with Gasteiger partial charge in [0.15, 0.2) is 0 Å². The van der Waals surface area contributed by atoms with Gasteiger partial charge in [-0.05, 0) is 48.9 Å². The number of nitrogens with zero attached hydrogens (tertiary/aromatic N) is 2. The molecule has 7 nitrogen and oxygen atoms in total. The molecule has 0 aliphatic heterocycles. The standard InChI is InChI=1S/C23H19ClN4O3/c1-15-6-5-11-28-21(29)13-18(25-22(15)28)14-31-20-10-3-2-9-19(20)27-23(30)26-17-8-4-7-16(24)12-17/h2-13H,14H2,1H3,(H2,26,27,30). The van der Waals surface area contributed by atoms with E-state index < -0.39 is 6.03 Å². The number of pyridine rings is 1. The van der Waals surface area contributed by atoms with Gasteiger partial charge in [0.2, 0.25) is 0 Å². The number of aromatic nitrogens is 2. The molecule has 4 rings (SSSR count). The van der Waals surface area contributed by atoms with Crippen molar-refractivity contribution >= 4 is 34.7 Å². The van der Waals surface area contributed by atoms with Gasteiger partial charge in [-0.2, -0.15) is 0 Å². The molecule has 0 atom stereocenters. The zero-order valence-electron chi connectivity index (χ0n) is 16.6. The number of ether oxygens (including phenoxy) is 1. The summed E-state index contributed by atoms with van der Waals surface area (Å²) in [5, 5.41) is 6.00. The Balaban J connectivity index is 1.49. The Morgan fingerprint density at radius 2 is 1.90 bits per heavy atom. The predicted octanol–water partition coefficient (Wildman–Crippen LogP) is 4.88. The van der Waals surface area contributed by atoms with E-state index in [2.05, 4.69) is 15.6 Å². The molecule has 0 saturated heterocycles. The summed E-state index contributed by atoms with van der Waals surface area (Å²) in [4.78, 5) is 29.3. The number of carbonyl (C=O) groups is 1. The van der Waals surface area contributed by atoms with Gasteiger partial charge >= 0.3 is 6.03 Å². The number of benzene rings is 2. The van der Waals surface area contributed by atoms with Crippen LogP contribution in [0.15, 0.2) is 77.7 Å². The molecule has 2 heterocycles. The maximum atomic E-state index is 12.4. The van der Waals surface area contributed by atoms with Gasteiger partial charge in [-0.1, -0.05) is 35.9 Å². The van der Waals surface area contributed by atoms with Crippen molar-refractivity contribution in [3.05, 3.63) is 99.6 Å². The summed E-state index contributed by atoms with van der Waals surface area (Å²) in [6.07, 6.45) is 1.68. The molecule has 0 aliphatic carbocycles. The molecule has 0 radical (unpaired) electrons. The van der Waals surface area contributed by atoms with Gasteiger partial charge < -0.3 is 15.4 Å². The van der Waals surface area contributed by atoms with Crippen LogP contribution in [0.25, 0.3) is 5.65 Å². The lowest BCUT2D eigenvalue weighted by Gasteiger charge is -2.13. The smallest absolute Gasteiger partial charge is 0.323 e. The summed E-state index contributed by atoms with van der Waals surface area (Å²) in [5.74, 6) is 0.454. The number of hydrogen-bond donors (Lipinski definition) is 2. The van der Waals surface area contributed by atoms with E-state index in [1.165, 1.54) is 10.5 Å². The van der Waals surface area contributed by atoms with Crippen LogP contribution in [0, 0.1) is 6.92 Å². The van der Waals surface area contributed by atoms with E-state index in [1.54, 1.807) is 60.8 Å². The number of para-hydroxylation sites is 2. The first-order chi connectivity index (χ1) is 15.0. The fourth-order valence-corrected chi connectivity index (χ4v) is 3.27. The van der Waals surface area contributed by atoms with Gasteiger partial charge in [-0.15, -0.1) is 0 Å². The molecule has 0 unspecified atom stereocenters. The zero-order chi connectivity index (χ0) is 21.8. The Kier molecular flexibility index (Phi) is 5.86. The molecule has 0 saturated carbocycles. The number of nitrogens with one attached hydrogen (secondary N) is 2. The van der Waals surface area contributed by atoms with E-state index >= 15 is 0 Å². The van der Waals surface area contributed by atoms with Crippen molar-refractivity contribution in [3.63, 3.8) is 0 Å². The first-order valence-electron chi connectivity index (χ1n) is 9.53. The van der Waals surface area contributed by atoms with Crippen LogP contribution in [0.2, 0.25) is 5.02 Å². The predicted molar refractivity (Wildman–Crippen MR) is 121 cm³/mol. The lowest BCUT2D eigenvalue weighted by molar-refractivity contribution is 0.261. The minimum absolute atomic E-state index is 0.0781. The number of aryl methyl sites for hydroxylation is 1. The summed E-state index contributed by atoms with van der Waals surface area (Å²) in [5.41, 5.74) is 2.84. The van der Waals surface area contributed by atoms with Gasteiger partial charge in [-0.3, -0.25) is 9.20 Å². The van der Waals surface area contributed by atoms with Crippen molar-refractivity contribution in [1.82, 2.24) is 9.38 Å². The van der Waals surface area contributed by atoms with Crippen molar-refractivity contribution in [3.8, 4) is 5.75 Å². The van der Waals surface area contributed by atoms with Crippen LogP contribution in [0.1, 0.15) is 11.3 Å². The van der Waals surface area contributed by atoms with Crippen LogP contribution >= 0.6 is 11.6 Å². The van der Waals surface area contributed by atoms with E-state index in [-0.39, 0.29) is 12.2 Å². The maximum absolute atomic E-state index is 12.4. The van der Waals surface area contributed by atoms with Crippen LogP contribution in [-0.2, 0) is 6.61 Å². The number of rotatable bonds is 5. The van der Waals surface area contributed by atoms with Crippen molar-refractivity contribution in [1.29, 1.82) is 0 Å². The van der Waals surface area contributed by atoms with Gasteiger partial charge in [0.1, 0.15) is 18.0 Å². The molecule has 0 spiro atoms. The molecular weight excluding hydrogens is 416 g/mol. The average Bonchev–Trinajstić information content (AvgIpc) is 2.74. The first kappa shape index (κ1) is 20.4. The number of fused-ring (bicyclic) bond motifs is 1. The second-order valence-electron chi connectivity index (χ2n) is 6.84. The van der Waals surface area contributed by atoms with E-state index in [4.69, 9.17) is 16.3 Å². The number of anilines is 2. The Labute approximate surface area is 183 Å². The summed E-state index contributed by atoms with van der Waals surface area (Å²) < 4.78 is 7.36. The lowest BCUT2D eigenvalue weighted by atomic mass is 10.3. The van der Waals surface area contributed by atoms with E-state index in [9.17, 15) is 9.59 Å². The molecule has 2 N–H and O–H groups in total. The summed E-state index contributed by atoms with van der Waals surface area (Å²) in [6.45, 7) is 1.97. The second kappa shape index (κ2) is 8.89. The second-order valence-corrected chi connectivity index (χ2v) is 7.28. The highest BCUT2D eigenvalue weighted by Gasteiger charge is 2.10. The number of halogens is 1. The fourth-order valence-electron chi connectivity index (χ4n) is 3.08. The van der Waals surface area contributed by atoms with Crippen molar-refractivity contribution in [2.45, 2.75) is 13.5 Å². The van der Waals surface area contributed by atoms with Gasteiger partial charge in [-0.25, -0.2) is 9.78 Å². The molecule has 0 bridgehead atoms. The first-order valence-corrected chi connectivity index (χ1v) is 9.91. The number of carbonyl (C=O) groups excluding carboxylic acids is 1. The Hall–Kier alpha value is -3.84. The largest absolute Gasteiger partial charge is 0.485 e.